The van der Waals surface area contributed by atoms with E-state index in [9.17, 15) is 9.59 Å². The van der Waals surface area contributed by atoms with Crippen molar-refractivity contribution in [1.29, 1.82) is 0 Å². The van der Waals surface area contributed by atoms with Gasteiger partial charge in [0.25, 0.3) is 5.91 Å². The molecule has 2 fully saturated rings. The molecule has 1 spiro atoms. The van der Waals surface area contributed by atoms with Gasteiger partial charge in [-0.25, -0.2) is 4.79 Å². The van der Waals surface area contributed by atoms with Crippen LogP contribution < -0.4 is 5.32 Å². The number of halogens is 1. The fourth-order valence-corrected chi connectivity index (χ4v) is 4.79. The van der Waals surface area contributed by atoms with E-state index in [1.54, 1.807) is 23.1 Å². The first-order valence-corrected chi connectivity index (χ1v) is 8.38. The topological polar surface area (TPSA) is 49.4 Å². The number of carbonyl (C=O) groups excluding carboxylic acids is 2. The maximum Gasteiger partial charge on any atom is 0.325 e. The van der Waals surface area contributed by atoms with Gasteiger partial charge in [0.15, 0.2) is 0 Å². The van der Waals surface area contributed by atoms with E-state index < -0.39 is 5.54 Å². The molecule has 7 heteroatoms. The minimum Gasteiger partial charge on any atom is -0.322 e. The van der Waals surface area contributed by atoms with Gasteiger partial charge < -0.3 is 5.32 Å². The van der Waals surface area contributed by atoms with E-state index in [1.807, 2.05) is 11.4 Å². The lowest BCUT2D eigenvalue weighted by Crippen LogP contribution is -2.46. The highest BCUT2D eigenvalue weighted by Gasteiger charge is 2.52. The van der Waals surface area contributed by atoms with Crippen molar-refractivity contribution < 1.29 is 9.59 Å². The summed E-state index contributed by atoms with van der Waals surface area (Å²) in [6.45, 7) is 0.360. The zero-order valence-corrected chi connectivity index (χ0v) is 12.7. The zero-order valence-electron chi connectivity index (χ0n) is 9.44. The molecule has 0 aromatic carbocycles. The molecule has 1 atom stereocenters. The second kappa shape index (κ2) is 4.54. The van der Waals surface area contributed by atoms with Crippen LogP contribution in [0.15, 0.2) is 15.2 Å². The molecule has 0 aliphatic carbocycles. The molecule has 1 N–H and O–H groups in total. The summed E-state index contributed by atoms with van der Waals surface area (Å²) < 4.78 is 1.01. The summed E-state index contributed by atoms with van der Waals surface area (Å²) in [5.41, 5.74) is 0.354. The molecular weight excluding hydrogens is 336 g/mol. The number of hydrogen-bond donors (Lipinski definition) is 1. The van der Waals surface area contributed by atoms with Gasteiger partial charge in [0, 0.05) is 5.75 Å². The van der Waals surface area contributed by atoms with Gasteiger partial charge in [-0.3, -0.25) is 9.69 Å². The minimum atomic E-state index is -0.630. The van der Waals surface area contributed by atoms with Crippen molar-refractivity contribution in [2.45, 2.75) is 18.5 Å². The van der Waals surface area contributed by atoms with E-state index >= 15 is 0 Å². The second-order valence-corrected chi connectivity index (χ2v) is 7.86. The van der Waals surface area contributed by atoms with Gasteiger partial charge in [-0.05, 0) is 45.1 Å². The third-order valence-electron chi connectivity index (χ3n) is 3.23. The normalized spacial score (nSPS) is 27.3. The van der Waals surface area contributed by atoms with Gasteiger partial charge in [0.05, 0.1) is 10.3 Å². The Morgan fingerprint density at radius 2 is 2.33 bits per heavy atom. The van der Waals surface area contributed by atoms with Crippen molar-refractivity contribution in [1.82, 2.24) is 10.2 Å². The van der Waals surface area contributed by atoms with Crippen LogP contribution >= 0.6 is 39.0 Å². The first kappa shape index (κ1) is 12.5. The number of thioether (sulfide) groups is 1. The van der Waals surface area contributed by atoms with Crippen LogP contribution in [0.5, 0.6) is 0 Å². The summed E-state index contributed by atoms with van der Waals surface area (Å²) in [4.78, 5) is 25.6. The molecule has 3 heterocycles. The Bertz CT molecular complexity index is 511. The van der Waals surface area contributed by atoms with Crippen LogP contribution in [-0.4, -0.2) is 33.9 Å². The van der Waals surface area contributed by atoms with Crippen LogP contribution in [0, 0.1) is 0 Å². The van der Waals surface area contributed by atoms with Crippen molar-refractivity contribution in [3.63, 3.8) is 0 Å². The van der Waals surface area contributed by atoms with Crippen LogP contribution in [0.4, 0.5) is 4.79 Å². The number of thiophene rings is 1. The standard InChI is InChI=1S/C11H11BrN2O2S2/c12-8-3-7(5-18-8)4-14-9(15)11(13-10(14)16)1-2-17-6-11/h3,5H,1-2,4,6H2,(H,13,16)/t11-/m1/s1. The maximum atomic E-state index is 12.4. The van der Waals surface area contributed by atoms with Crippen molar-refractivity contribution in [3.05, 3.63) is 20.8 Å². The molecule has 3 amide bonds. The van der Waals surface area contributed by atoms with E-state index in [4.69, 9.17) is 0 Å². The van der Waals surface area contributed by atoms with Gasteiger partial charge in [-0.15, -0.1) is 11.3 Å². The fourth-order valence-electron chi connectivity index (χ4n) is 2.26. The fraction of sp³-hybridized carbons (Fsp3) is 0.455. The third-order valence-corrected chi connectivity index (χ3v) is 5.97. The third kappa shape index (κ3) is 1.98. The first-order chi connectivity index (χ1) is 8.61. The molecule has 0 saturated carbocycles. The molecule has 0 bridgehead atoms. The number of urea groups is 1. The van der Waals surface area contributed by atoms with Gasteiger partial charge >= 0.3 is 6.03 Å². The Kier molecular flexibility index (Phi) is 3.15. The molecule has 0 unspecified atom stereocenters. The van der Waals surface area contributed by atoms with Gasteiger partial charge in [-0.2, -0.15) is 11.8 Å². The van der Waals surface area contributed by atoms with E-state index in [0.717, 1.165) is 21.5 Å². The number of amides is 3. The summed E-state index contributed by atoms with van der Waals surface area (Å²) in [5, 5.41) is 4.82. The average molecular weight is 347 g/mol. The molecule has 0 radical (unpaired) electrons. The molecule has 3 rings (SSSR count). The Morgan fingerprint density at radius 3 is 2.94 bits per heavy atom. The Hall–Kier alpha value is -0.530. The van der Waals surface area contributed by atoms with Crippen molar-refractivity contribution >= 4 is 51.0 Å². The van der Waals surface area contributed by atoms with Crippen LogP contribution in [0.2, 0.25) is 0 Å². The summed E-state index contributed by atoms with van der Waals surface area (Å²) in [6, 6.07) is 1.68. The van der Waals surface area contributed by atoms with Crippen molar-refractivity contribution in [2.75, 3.05) is 11.5 Å². The van der Waals surface area contributed by atoms with Gasteiger partial charge in [-0.1, -0.05) is 0 Å². The minimum absolute atomic E-state index is 0.0696. The van der Waals surface area contributed by atoms with Crippen molar-refractivity contribution in [3.8, 4) is 0 Å². The molecule has 4 nitrogen and oxygen atoms in total. The lowest BCUT2D eigenvalue weighted by molar-refractivity contribution is -0.130. The Morgan fingerprint density at radius 1 is 1.50 bits per heavy atom. The Balaban J connectivity index is 1.80. The van der Waals surface area contributed by atoms with Gasteiger partial charge in [0.1, 0.15) is 5.54 Å². The molecule has 2 aliphatic rings. The molecule has 2 saturated heterocycles. The van der Waals surface area contributed by atoms with Crippen LogP contribution in [-0.2, 0) is 11.3 Å². The molecule has 1 aromatic rings. The number of carbonyl (C=O) groups is 2. The van der Waals surface area contributed by atoms with E-state index in [1.165, 1.54) is 4.90 Å². The van der Waals surface area contributed by atoms with E-state index in [-0.39, 0.29) is 11.9 Å². The first-order valence-electron chi connectivity index (χ1n) is 5.55. The molecular formula is C11H11BrN2O2S2. The number of imide groups is 1. The van der Waals surface area contributed by atoms with Gasteiger partial charge in [0.2, 0.25) is 0 Å². The SMILES string of the molecule is O=C1N[C@@]2(CCSC2)C(=O)N1Cc1csc(Br)c1. The number of rotatable bonds is 2. The highest BCUT2D eigenvalue weighted by Crippen LogP contribution is 2.34. The largest absolute Gasteiger partial charge is 0.325 e. The highest BCUT2D eigenvalue weighted by atomic mass is 79.9. The molecule has 2 aliphatic heterocycles. The quantitative estimate of drug-likeness (QED) is 0.836. The van der Waals surface area contributed by atoms with Crippen LogP contribution in [0.3, 0.4) is 0 Å². The monoisotopic (exact) mass is 346 g/mol. The Labute approximate surface area is 121 Å². The maximum absolute atomic E-state index is 12.4. The second-order valence-electron chi connectivity index (χ2n) is 4.47. The van der Waals surface area contributed by atoms with Crippen LogP contribution in [0.25, 0.3) is 0 Å². The average Bonchev–Trinajstić information content (AvgIpc) is 2.99. The predicted octanol–water partition coefficient (Wildman–Crippen LogP) is 2.44. The van der Waals surface area contributed by atoms with Crippen LogP contribution in [0.1, 0.15) is 12.0 Å². The van der Waals surface area contributed by atoms with Crippen molar-refractivity contribution in [2.24, 2.45) is 0 Å². The highest BCUT2D eigenvalue weighted by molar-refractivity contribution is 9.11. The predicted molar refractivity (Wildman–Crippen MR) is 75.8 cm³/mol. The van der Waals surface area contributed by atoms with E-state index in [2.05, 4.69) is 21.2 Å². The zero-order chi connectivity index (χ0) is 12.8. The molecule has 96 valence electrons. The number of nitrogens with zero attached hydrogens (tertiary/aromatic N) is 1. The summed E-state index contributed by atoms with van der Waals surface area (Å²) in [7, 11) is 0. The number of nitrogens with one attached hydrogen (secondary N) is 1. The molecule has 1 aromatic heterocycles. The summed E-state index contributed by atoms with van der Waals surface area (Å²) in [5.74, 6) is 1.56. The molecule has 18 heavy (non-hydrogen) atoms. The van der Waals surface area contributed by atoms with E-state index in [0.29, 0.717) is 12.3 Å². The number of hydrogen-bond acceptors (Lipinski definition) is 4. The summed E-state index contributed by atoms with van der Waals surface area (Å²) >= 11 is 6.66. The lowest BCUT2D eigenvalue weighted by atomic mass is 9.99. The summed E-state index contributed by atoms with van der Waals surface area (Å²) in [6.07, 6.45) is 0.742. The lowest BCUT2D eigenvalue weighted by Gasteiger charge is -2.18. The smallest absolute Gasteiger partial charge is 0.322 e.